The molecule has 2 saturated heterocycles. The molecule has 5 heterocycles. The van der Waals surface area contributed by atoms with Gasteiger partial charge in [0.2, 0.25) is 0 Å². The lowest BCUT2D eigenvalue weighted by atomic mass is 10.1. The molecule has 34 heavy (non-hydrogen) atoms. The maximum absolute atomic E-state index is 15.1. The number of ether oxygens (including phenoxy) is 2. The number of methoxy groups -OCH3 is 1. The highest BCUT2D eigenvalue weighted by atomic mass is 19.1. The van der Waals surface area contributed by atoms with Crippen LogP contribution >= 0.6 is 0 Å². The highest BCUT2D eigenvalue weighted by molar-refractivity contribution is 5.68. The van der Waals surface area contributed by atoms with Gasteiger partial charge in [-0.1, -0.05) is 0 Å². The first-order valence-corrected chi connectivity index (χ1v) is 11.1. The van der Waals surface area contributed by atoms with Gasteiger partial charge >= 0.3 is 0 Å². The number of hydrogen-bond donors (Lipinski definition) is 2. The van der Waals surface area contributed by atoms with Crippen LogP contribution in [0.25, 0.3) is 17.0 Å². The van der Waals surface area contributed by atoms with Gasteiger partial charge in [0.25, 0.3) is 0 Å². The van der Waals surface area contributed by atoms with E-state index in [9.17, 15) is 9.65 Å². The van der Waals surface area contributed by atoms with Crippen LogP contribution in [-0.2, 0) is 4.74 Å². The molecular weight excluding hydrogens is 446 g/mol. The van der Waals surface area contributed by atoms with E-state index >= 15 is 4.39 Å². The number of imidazole rings is 1. The Bertz CT molecular complexity index is 1240. The van der Waals surface area contributed by atoms with E-state index in [0.717, 1.165) is 6.07 Å². The molecule has 2 unspecified atom stereocenters. The van der Waals surface area contributed by atoms with Crippen LogP contribution in [0.15, 0.2) is 18.3 Å². The summed E-state index contributed by atoms with van der Waals surface area (Å²) in [6.07, 6.45) is 0.701. The number of nitrogens with one attached hydrogen (secondary N) is 2. The van der Waals surface area contributed by atoms with Gasteiger partial charge < -0.3 is 25.0 Å². The number of halogens is 2. The lowest BCUT2D eigenvalue weighted by molar-refractivity contribution is 0.122. The average molecular weight is 470 g/mol. The summed E-state index contributed by atoms with van der Waals surface area (Å²) in [5.74, 6) is 0.541. The first-order valence-electron chi connectivity index (χ1n) is 11.1. The molecule has 2 atom stereocenters. The van der Waals surface area contributed by atoms with Gasteiger partial charge in [-0.15, -0.1) is 5.10 Å². The summed E-state index contributed by atoms with van der Waals surface area (Å²) in [4.78, 5) is 10.8. The summed E-state index contributed by atoms with van der Waals surface area (Å²) in [5.41, 5.74) is 0.704. The Hall–Kier alpha value is -3.56. The zero-order valence-electron chi connectivity index (χ0n) is 18.6. The molecule has 0 radical (unpaired) electrons. The van der Waals surface area contributed by atoms with Crippen LogP contribution in [0, 0.1) is 17.1 Å². The zero-order valence-corrected chi connectivity index (χ0v) is 18.6. The molecule has 2 N–H and O–H groups in total. The van der Waals surface area contributed by atoms with Crippen molar-refractivity contribution >= 4 is 17.3 Å². The van der Waals surface area contributed by atoms with Crippen LogP contribution in [0.3, 0.4) is 0 Å². The molecule has 3 aromatic rings. The first kappa shape index (κ1) is 22.2. The Morgan fingerprint density at radius 1 is 1.32 bits per heavy atom. The number of anilines is 2. The Morgan fingerprint density at radius 3 is 2.88 bits per heavy atom. The Balaban J connectivity index is 1.58. The number of pyridine rings is 1. The third-order valence-corrected chi connectivity index (χ3v) is 6.03. The van der Waals surface area contributed by atoms with E-state index in [1.54, 1.807) is 13.2 Å². The van der Waals surface area contributed by atoms with Crippen molar-refractivity contribution in [1.82, 2.24) is 24.9 Å². The Labute approximate surface area is 194 Å². The molecular formula is C22H24F2N8O2. The first-order chi connectivity index (χ1) is 16.6. The lowest BCUT2D eigenvalue weighted by Gasteiger charge is -2.29. The second-order valence-corrected chi connectivity index (χ2v) is 8.14. The summed E-state index contributed by atoms with van der Waals surface area (Å²) < 4.78 is 41.9. The summed E-state index contributed by atoms with van der Waals surface area (Å²) in [6, 6.07) is 4.18. The number of piperidine rings is 1. The zero-order chi connectivity index (χ0) is 23.7. The predicted octanol–water partition coefficient (Wildman–Crippen LogP) is 1.76. The quantitative estimate of drug-likeness (QED) is 0.576. The van der Waals surface area contributed by atoms with Gasteiger partial charge in [-0.25, -0.2) is 23.3 Å². The minimum absolute atomic E-state index is 0.00326. The smallest absolute Gasteiger partial charge is 0.192 e. The number of nitrogens with zero attached hydrogens (tertiary/aromatic N) is 6. The fraction of sp³-hybridized carbons (Fsp3) is 0.455. The normalized spacial score (nSPS) is 20.8. The van der Waals surface area contributed by atoms with E-state index in [2.05, 4.69) is 25.7 Å². The fourth-order valence-corrected chi connectivity index (χ4v) is 4.20. The molecule has 0 aromatic carbocycles. The van der Waals surface area contributed by atoms with E-state index in [1.807, 2.05) is 11.0 Å². The number of fused-ring (bicyclic) bond motifs is 1. The van der Waals surface area contributed by atoms with E-state index in [1.165, 1.54) is 10.7 Å². The van der Waals surface area contributed by atoms with E-state index in [4.69, 9.17) is 9.47 Å². The third-order valence-electron chi connectivity index (χ3n) is 6.03. The molecule has 5 rings (SSSR count). The highest BCUT2D eigenvalue weighted by Crippen LogP contribution is 2.31. The minimum Gasteiger partial charge on any atom is -0.493 e. The van der Waals surface area contributed by atoms with Crippen molar-refractivity contribution in [3.05, 3.63) is 29.7 Å². The van der Waals surface area contributed by atoms with Gasteiger partial charge in [0.05, 0.1) is 38.1 Å². The largest absolute Gasteiger partial charge is 0.493 e. The number of alkyl halides is 1. The molecule has 0 amide bonds. The molecule has 0 saturated carbocycles. The van der Waals surface area contributed by atoms with E-state index < -0.39 is 18.0 Å². The topological polar surface area (TPSA) is 113 Å². The van der Waals surface area contributed by atoms with Crippen LogP contribution in [0.5, 0.6) is 5.75 Å². The van der Waals surface area contributed by atoms with Crippen molar-refractivity contribution in [2.75, 3.05) is 56.7 Å². The maximum Gasteiger partial charge on any atom is 0.192 e. The minimum atomic E-state index is -1.11. The summed E-state index contributed by atoms with van der Waals surface area (Å²) in [6.45, 7) is 3.35. The molecule has 10 nitrogen and oxygen atoms in total. The number of hydrogen-bond acceptors (Lipinski definition) is 9. The van der Waals surface area contributed by atoms with Crippen LogP contribution in [-0.4, -0.2) is 78.3 Å². The SMILES string of the molecule is COc1cc2ncc(-c3nc(NC4CNCCC4F)c(C#N)cc3F)n2nc1N1CCOCC1. The van der Waals surface area contributed by atoms with Crippen LogP contribution in [0.1, 0.15) is 12.0 Å². The van der Waals surface area contributed by atoms with Gasteiger partial charge in [-0.2, -0.15) is 5.26 Å². The van der Waals surface area contributed by atoms with Gasteiger partial charge in [0, 0.05) is 25.7 Å². The molecule has 12 heteroatoms. The number of morpholine rings is 1. The van der Waals surface area contributed by atoms with Crippen LogP contribution in [0.4, 0.5) is 20.4 Å². The molecule has 2 fully saturated rings. The monoisotopic (exact) mass is 470 g/mol. The summed E-state index contributed by atoms with van der Waals surface area (Å²) >= 11 is 0. The van der Waals surface area contributed by atoms with Crippen molar-refractivity contribution < 1.29 is 18.3 Å². The molecule has 0 bridgehead atoms. The summed E-state index contributed by atoms with van der Waals surface area (Å²) in [7, 11) is 1.55. The van der Waals surface area contributed by atoms with Gasteiger partial charge in [-0.3, -0.25) is 0 Å². The van der Waals surface area contributed by atoms with Gasteiger partial charge in [-0.05, 0) is 19.0 Å². The molecule has 0 aliphatic carbocycles. The fourth-order valence-electron chi connectivity index (χ4n) is 4.20. The van der Waals surface area contributed by atoms with Crippen molar-refractivity contribution in [2.24, 2.45) is 0 Å². The molecule has 178 valence electrons. The molecule has 0 spiro atoms. The average Bonchev–Trinajstić information content (AvgIpc) is 3.28. The third kappa shape index (κ3) is 4.08. The Morgan fingerprint density at radius 2 is 2.15 bits per heavy atom. The standard InChI is InChI=1S/C22H24F2N8O2/c1-33-18-9-19-27-12-17(32(19)30-22(18)31-4-6-34-7-5-31)20-15(24)8-13(10-25)21(29-20)28-16-11-26-3-2-14(16)23/h8-9,12,14,16,26H,2-7,11H2,1H3,(H,28,29). The van der Waals surface area contributed by atoms with Crippen molar-refractivity contribution in [3.8, 4) is 23.2 Å². The molecule has 2 aliphatic heterocycles. The Kier molecular flexibility index (Phi) is 6.12. The predicted molar refractivity (Wildman–Crippen MR) is 120 cm³/mol. The molecule has 3 aromatic heterocycles. The van der Waals surface area contributed by atoms with Gasteiger partial charge in [0.15, 0.2) is 23.0 Å². The highest BCUT2D eigenvalue weighted by Gasteiger charge is 2.27. The number of nitriles is 1. The van der Waals surface area contributed by atoms with Crippen molar-refractivity contribution in [3.63, 3.8) is 0 Å². The van der Waals surface area contributed by atoms with Crippen molar-refractivity contribution in [1.29, 1.82) is 5.26 Å². The van der Waals surface area contributed by atoms with Crippen LogP contribution in [0.2, 0.25) is 0 Å². The van der Waals surface area contributed by atoms with Gasteiger partial charge in [0.1, 0.15) is 29.4 Å². The lowest BCUT2D eigenvalue weighted by Crippen LogP contribution is -2.46. The second-order valence-electron chi connectivity index (χ2n) is 8.14. The maximum atomic E-state index is 15.1. The van der Waals surface area contributed by atoms with E-state index in [0.29, 0.717) is 68.7 Å². The summed E-state index contributed by atoms with van der Waals surface area (Å²) in [5, 5.41) is 20.3. The van der Waals surface area contributed by atoms with Crippen LogP contribution < -0.4 is 20.3 Å². The van der Waals surface area contributed by atoms with Crippen molar-refractivity contribution in [2.45, 2.75) is 18.6 Å². The number of aromatic nitrogens is 4. The number of rotatable bonds is 5. The molecule has 2 aliphatic rings. The van der Waals surface area contributed by atoms with E-state index in [-0.39, 0.29) is 17.1 Å². The second kappa shape index (κ2) is 9.36.